The molecule has 10 aromatic rings. The third-order valence-corrected chi connectivity index (χ3v) is 16.8. The fourth-order valence-electron chi connectivity index (χ4n) is 8.50. The van der Waals surface area contributed by atoms with Gasteiger partial charge in [0.2, 0.25) is 16.5 Å². The average Bonchev–Trinajstić information content (AvgIpc) is 1.65. The summed E-state index contributed by atoms with van der Waals surface area (Å²) in [5, 5.41) is 19.8. The fourth-order valence-corrected chi connectivity index (χ4v) is 11.5. The summed E-state index contributed by atoms with van der Waals surface area (Å²) >= 11 is 49.8. The Morgan fingerprint density at radius 1 is 0.687 bits per heavy atom. The fraction of sp³-hybridized carbons (Fsp3) is 0.254. The molecule has 12 rings (SSSR count). The zero-order valence-corrected chi connectivity index (χ0v) is 71.1. The van der Waals surface area contributed by atoms with Gasteiger partial charge < -0.3 is 36.9 Å². The molecule has 0 saturated carbocycles. The second-order valence-electron chi connectivity index (χ2n) is 23.2. The Morgan fingerprint density at radius 2 is 1.15 bits per heavy atom. The number of amides is 2. The van der Waals surface area contributed by atoms with E-state index < -0.39 is 16.7 Å². The Kier molecular flexibility index (Phi) is 36.3. The monoisotopic (exact) mass is 1930 g/mol. The number of aromatic nitrogens is 8. The maximum Gasteiger partial charge on any atom is 1.00 e. The van der Waals surface area contributed by atoms with Crippen molar-refractivity contribution < 1.29 is 68.9 Å². The first-order valence-electron chi connectivity index (χ1n) is 28.0. The summed E-state index contributed by atoms with van der Waals surface area (Å²) < 4.78 is 21.4. The van der Waals surface area contributed by atoms with E-state index in [4.69, 9.17) is 51.4 Å². The van der Waals surface area contributed by atoms with Crippen molar-refractivity contribution in [1.29, 1.82) is 0 Å². The van der Waals surface area contributed by atoms with Crippen LogP contribution in [0.15, 0.2) is 146 Å². The van der Waals surface area contributed by atoms with Crippen molar-refractivity contribution in [1.82, 2.24) is 44.8 Å². The zero-order valence-electron chi connectivity index (χ0n) is 53.6. The molecule has 0 fully saturated rings. The Labute approximate surface area is 674 Å². The number of methoxy groups -OCH3 is 1. The molecule has 99 heavy (non-hydrogen) atoms. The maximum absolute atomic E-state index is 12.3. The summed E-state index contributed by atoms with van der Waals surface area (Å²) in [6, 6.07) is 32.3. The van der Waals surface area contributed by atoms with Crippen LogP contribution in [0.3, 0.4) is 0 Å². The van der Waals surface area contributed by atoms with Crippen molar-refractivity contribution in [2.75, 3.05) is 26.1 Å². The van der Waals surface area contributed by atoms with E-state index in [0.29, 0.717) is 67.8 Å². The number of halogens is 12. The van der Waals surface area contributed by atoms with Crippen molar-refractivity contribution in [2.24, 2.45) is 16.6 Å². The van der Waals surface area contributed by atoms with Crippen LogP contribution >= 0.6 is 176 Å². The Bertz CT molecular complexity index is 4790. The van der Waals surface area contributed by atoms with Crippen molar-refractivity contribution in [2.45, 2.75) is 72.9 Å². The summed E-state index contributed by atoms with van der Waals surface area (Å²) in [4.78, 5) is 94.9. The maximum atomic E-state index is 12.3. The number of hydrogen-bond acceptors (Lipinski definition) is 18. The second-order valence-corrected chi connectivity index (χ2v) is 36.7. The summed E-state index contributed by atoms with van der Waals surface area (Å²) in [7, 11) is 1.32. The number of aliphatic hydroxyl groups excluding tert-OH is 2. The van der Waals surface area contributed by atoms with Gasteiger partial charge in [-0.2, -0.15) is 0 Å². The third-order valence-electron chi connectivity index (χ3n) is 13.0. The van der Waals surface area contributed by atoms with Crippen LogP contribution in [-0.4, -0.2) is 98.8 Å². The van der Waals surface area contributed by atoms with Crippen LogP contribution in [-0.2, 0) is 39.9 Å². The number of hydrogen-bond donors (Lipinski definition) is 7. The smallest absolute Gasteiger partial charge is 0.870 e. The van der Waals surface area contributed by atoms with Crippen molar-refractivity contribution in [3.05, 3.63) is 210 Å². The van der Waals surface area contributed by atoms with Gasteiger partial charge >= 0.3 is 40.7 Å². The molecular formula is C63H61Br5Cl6IN11NaO11P. The number of nitrogens with one attached hydrogen (secondary N) is 3. The molecule has 0 saturated heterocycles. The molecule has 0 aliphatic carbocycles. The molecule has 0 spiro atoms. The van der Waals surface area contributed by atoms with E-state index in [1.807, 2.05) is 79.1 Å². The molecule has 6 aromatic carbocycles. The number of ether oxygens (including phenoxy) is 1. The molecule has 36 heteroatoms. The van der Waals surface area contributed by atoms with Crippen LogP contribution in [0.4, 0.5) is 5.69 Å². The predicted octanol–water partition coefficient (Wildman–Crippen LogP) is 13.3. The van der Waals surface area contributed by atoms with Crippen LogP contribution in [0.1, 0.15) is 79.5 Å². The molecule has 4 aromatic heterocycles. The molecule has 6 heterocycles. The SMILES string of the molecule is CC(C)(CO)Cc1nc2cc(Br)ccc2c(=O)[nH]1.CC(C)(N)CO.CC1(C)Cc2nc3cc(Br)ccc3c(=O)n2C1.COC(=O)c1ccc(Br)cc1N.Clc1nc(Cl)c2ccc(Br)cc2n1.O=C1Cc2cc(I)ccc2C(=O)N1.O=P(Cl)(Cl)Cl.O=c1[nH]c(Cl)nc2cc(Br)ccc12.[Na+].[OH-]. The van der Waals surface area contributed by atoms with E-state index in [9.17, 15) is 38.4 Å². The molecular weight excluding hydrogens is 1880 g/mol. The van der Waals surface area contributed by atoms with Gasteiger partial charge in [0.25, 0.3) is 22.6 Å². The van der Waals surface area contributed by atoms with E-state index in [1.165, 1.54) is 7.11 Å². The number of nitrogens with two attached hydrogens (primary N) is 2. The Balaban J connectivity index is 0.000000300. The van der Waals surface area contributed by atoms with E-state index in [2.05, 4.69) is 195 Å². The van der Waals surface area contributed by atoms with Gasteiger partial charge in [-0.1, -0.05) is 119 Å². The normalized spacial score (nSPS) is 12.4. The number of imide groups is 1. The summed E-state index contributed by atoms with van der Waals surface area (Å²) in [6.07, 6.45) is 1.70. The number of aromatic amines is 2. The molecule has 0 unspecified atom stereocenters. The molecule has 0 bridgehead atoms. The number of anilines is 1. The largest absolute Gasteiger partial charge is 1.00 e. The molecule has 22 nitrogen and oxygen atoms in total. The molecule has 10 N–H and O–H groups in total. The van der Waals surface area contributed by atoms with Crippen LogP contribution in [0.5, 0.6) is 0 Å². The number of rotatable bonds is 5. The third kappa shape index (κ3) is 29.5. The molecule has 2 amide bonds. The van der Waals surface area contributed by atoms with Crippen LogP contribution in [0.25, 0.3) is 43.6 Å². The number of carbonyl (C=O) groups is 3. The van der Waals surface area contributed by atoms with E-state index in [0.717, 1.165) is 66.7 Å². The molecule has 0 atom stereocenters. The minimum Gasteiger partial charge on any atom is -0.870 e. The summed E-state index contributed by atoms with van der Waals surface area (Å²) in [5.74, 6) is 0.581. The first-order valence-corrected chi connectivity index (χ1v) is 38.6. The number of fused-ring (bicyclic) bond motifs is 6. The van der Waals surface area contributed by atoms with E-state index in [1.54, 1.807) is 62.4 Å². The second kappa shape index (κ2) is 40.1. The van der Waals surface area contributed by atoms with Crippen LogP contribution in [0, 0.1) is 14.4 Å². The quantitative estimate of drug-likeness (QED) is 0.0123. The minimum absolute atomic E-state index is 0. The first kappa shape index (κ1) is 89.6. The number of nitrogen functional groups attached to an aromatic ring is 1. The molecule has 0 radical (unpaired) electrons. The van der Waals surface area contributed by atoms with Gasteiger partial charge in [-0.25, -0.2) is 29.7 Å². The number of esters is 1. The van der Waals surface area contributed by atoms with E-state index >= 15 is 0 Å². The van der Waals surface area contributed by atoms with Gasteiger partial charge in [-0.05, 0) is 219 Å². The van der Waals surface area contributed by atoms with Gasteiger partial charge in [0, 0.05) is 74.1 Å². The topological polar surface area (TPSA) is 364 Å². The van der Waals surface area contributed by atoms with Crippen LogP contribution in [0.2, 0.25) is 15.7 Å². The molecule has 524 valence electrons. The zero-order chi connectivity index (χ0) is 72.7. The van der Waals surface area contributed by atoms with Gasteiger partial charge in [-0.15, -0.1) is 0 Å². The van der Waals surface area contributed by atoms with Gasteiger partial charge in [-0.3, -0.25) is 43.4 Å². The number of carbonyl (C=O) groups excluding carboxylic acids is 3. The molecule has 2 aliphatic rings. The summed E-state index contributed by atoms with van der Waals surface area (Å²) in [5.41, 5.74) is 15.0. The summed E-state index contributed by atoms with van der Waals surface area (Å²) in [6.45, 7) is 12.6. The number of aliphatic hydroxyl groups is 2. The minimum atomic E-state index is -3.22. The number of H-pyrrole nitrogens is 2. The molecule has 2 aliphatic heterocycles. The number of benzene rings is 6. The van der Waals surface area contributed by atoms with E-state index in [-0.39, 0.29) is 98.1 Å². The predicted molar refractivity (Wildman–Crippen MR) is 416 cm³/mol. The van der Waals surface area contributed by atoms with Gasteiger partial charge in [0.15, 0.2) is 0 Å². The van der Waals surface area contributed by atoms with Crippen molar-refractivity contribution in [3.63, 3.8) is 0 Å². The Morgan fingerprint density at radius 3 is 1.66 bits per heavy atom. The Hall–Kier alpha value is -3.57. The first-order chi connectivity index (χ1) is 45.1. The van der Waals surface area contributed by atoms with Gasteiger partial charge in [0.05, 0.1) is 63.9 Å². The van der Waals surface area contributed by atoms with Crippen LogP contribution < -0.4 is 63.0 Å². The standard InChI is InChI=1S/C13H15BrN2O2.C13H13BrN2O.C9H6INO2.C8H3BrCl2N2.C8H4BrClN2O.C8H8BrNO2.C4H11NO.Cl3OP.Na.H2O/c1-13(2,7-17)6-11-15-10-5-8(14)3-4-9(10)12(18)16-11;1-13(2)6-11-15-10-5-8(14)3-4-9(10)12(17)16(11)7-13;10-6-1-2-7-5(3-6)4-8(12)11-9(7)13;9-4-1-2-5-6(3-4)12-8(11)13-7(5)10;9-4-1-2-5-6(3-4)11-8(10)12-7(5)13;1-12-8(11)6-3-2-5(9)4-7(6)10;1-4(2,5)3-6;1-5(2,3)4;;/h3-5,17H,6-7H2,1-2H3,(H,15,16,18);3-5H,6-7H2,1-2H3;1-3H,4H2,(H,11,12,13);1-3H;1-3H,(H,11,12,13);2-4H,10H2,1H3;6H,3,5H2,1-2H3;;;1H2/q;;;;;;;;+1;/p-1. The average molecular weight is 1940 g/mol. The van der Waals surface area contributed by atoms with Crippen molar-refractivity contribution >= 4 is 243 Å². The number of nitrogens with zero attached hydrogens (tertiary/aromatic N) is 6. The van der Waals surface area contributed by atoms with Gasteiger partial charge in [0.1, 0.15) is 16.8 Å². The van der Waals surface area contributed by atoms with Crippen molar-refractivity contribution in [3.8, 4) is 0 Å².